The quantitative estimate of drug-likeness (QED) is 0.533. The number of aryl methyl sites for hydroxylation is 1. The number of anilines is 1. The zero-order valence-corrected chi connectivity index (χ0v) is 17.5. The van der Waals surface area contributed by atoms with Gasteiger partial charge in [-0.25, -0.2) is 0 Å². The van der Waals surface area contributed by atoms with Gasteiger partial charge in [0.2, 0.25) is 5.91 Å². The minimum atomic E-state index is -0.237. The van der Waals surface area contributed by atoms with Gasteiger partial charge in [0.1, 0.15) is 11.1 Å². The van der Waals surface area contributed by atoms with Gasteiger partial charge in [0.05, 0.1) is 16.7 Å². The molecule has 7 heteroatoms. The molecule has 1 aliphatic heterocycles. The topological polar surface area (TPSA) is 90.3 Å². The number of nitrogens with one attached hydrogen (secondary N) is 1. The molecule has 0 atom stereocenters. The summed E-state index contributed by atoms with van der Waals surface area (Å²) in [6.07, 6.45) is 6.57. The number of hydrogen-bond acceptors (Lipinski definition) is 5. The third-order valence-electron chi connectivity index (χ3n) is 5.70. The van der Waals surface area contributed by atoms with E-state index in [9.17, 15) is 19.6 Å². The van der Waals surface area contributed by atoms with E-state index in [-0.39, 0.29) is 17.7 Å². The normalized spacial score (nSPS) is 15.0. The average Bonchev–Trinajstić information content (AvgIpc) is 3.23. The summed E-state index contributed by atoms with van der Waals surface area (Å²) in [5.74, 6) is -0.566. The monoisotopic (exact) mass is 421 g/mol. The number of nitrogens with zero attached hydrogens (tertiary/aromatic N) is 2. The van der Waals surface area contributed by atoms with Gasteiger partial charge >= 0.3 is 0 Å². The molecule has 4 rings (SSSR count). The van der Waals surface area contributed by atoms with Gasteiger partial charge in [-0.1, -0.05) is 18.6 Å². The van der Waals surface area contributed by atoms with Crippen molar-refractivity contribution < 1.29 is 14.4 Å². The summed E-state index contributed by atoms with van der Waals surface area (Å²) < 4.78 is 0. The second-order valence-corrected chi connectivity index (χ2v) is 8.80. The molecular weight excluding hydrogens is 398 g/mol. The van der Waals surface area contributed by atoms with Crippen molar-refractivity contribution >= 4 is 34.1 Å². The molecular formula is C23H23N3O3S. The number of nitriles is 1. The van der Waals surface area contributed by atoms with Crippen LogP contribution in [0, 0.1) is 11.3 Å². The maximum absolute atomic E-state index is 12.3. The molecule has 0 bridgehead atoms. The summed E-state index contributed by atoms with van der Waals surface area (Å²) in [4.78, 5) is 39.5. The summed E-state index contributed by atoms with van der Waals surface area (Å²) in [7, 11) is 0. The van der Waals surface area contributed by atoms with Gasteiger partial charge in [0, 0.05) is 17.8 Å². The van der Waals surface area contributed by atoms with Crippen LogP contribution in [0.2, 0.25) is 0 Å². The van der Waals surface area contributed by atoms with E-state index in [1.54, 1.807) is 24.3 Å². The van der Waals surface area contributed by atoms with E-state index < -0.39 is 0 Å². The Kier molecular flexibility index (Phi) is 5.96. The molecule has 0 fully saturated rings. The summed E-state index contributed by atoms with van der Waals surface area (Å²) in [6, 6.07) is 9.13. The van der Waals surface area contributed by atoms with Gasteiger partial charge in [-0.05, 0) is 56.2 Å². The molecule has 2 aliphatic rings. The Labute approximate surface area is 179 Å². The first-order valence-corrected chi connectivity index (χ1v) is 11.2. The maximum atomic E-state index is 12.3. The van der Waals surface area contributed by atoms with Gasteiger partial charge in [-0.15, -0.1) is 11.3 Å². The highest BCUT2D eigenvalue weighted by molar-refractivity contribution is 7.16. The molecule has 30 heavy (non-hydrogen) atoms. The van der Waals surface area contributed by atoms with Crippen LogP contribution >= 0.6 is 11.3 Å². The molecule has 0 saturated heterocycles. The molecule has 0 radical (unpaired) electrons. The molecule has 0 saturated carbocycles. The molecule has 1 aromatic carbocycles. The number of rotatable bonds is 7. The number of carbonyl (C=O) groups is 3. The zero-order valence-electron chi connectivity index (χ0n) is 16.7. The lowest BCUT2D eigenvalue weighted by Gasteiger charge is -2.13. The van der Waals surface area contributed by atoms with E-state index in [4.69, 9.17) is 0 Å². The van der Waals surface area contributed by atoms with Crippen LogP contribution in [0.15, 0.2) is 24.3 Å². The molecule has 1 aliphatic carbocycles. The highest BCUT2D eigenvalue weighted by Crippen LogP contribution is 2.37. The third-order valence-corrected chi connectivity index (χ3v) is 6.91. The summed E-state index contributed by atoms with van der Waals surface area (Å²) in [5.41, 5.74) is 2.68. The molecule has 0 spiro atoms. The van der Waals surface area contributed by atoms with Crippen LogP contribution < -0.4 is 5.32 Å². The molecule has 6 nitrogen and oxygen atoms in total. The standard InChI is InChI=1S/C23H23N3O3S/c24-14-18-15-8-5-6-11-19(15)30-21(18)25-20(27)12-2-1-7-13-26-22(28)16-9-3-4-10-17(16)23(26)29/h3-4,9-10H,1-2,5-8,11-13H2,(H,25,27). The second-order valence-electron chi connectivity index (χ2n) is 7.69. The van der Waals surface area contributed by atoms with Gasteiger partial charge in [0.15, 0.2) is 0 Å². The van der Waals surface area contributed by atoms with E-state index in [1.165, 1.54) is 21.1 Å². The fourth-order valence-electron chi connectivity index (χ4n) is 4.14. The van der Waals surface area contributed by atoms with Crippen LogP contribution in [0.5, 0.6) is 0 Å². The smallest absolute Gasteiger partial charge is 0.261 e. The van der Waals surface area contributed by atoms with Crippen molar-refractivity contribution in [1.29, 1.82) is 5.26 Å². The minimum absolute atomic E-state index is 0.0918. The van der Waals surface area contributed by atoms with Crippen LogP contribution in [0.25, 0.3) is 0 Å². The molecule has 3 amide bonds. The van der Waals surface area contributed by atoms with Crippen molar-refractivity contribution in [3.05, 3.63) is 51.4 Å². The van der Waals surface area contributed by atoms with Gasteiger partial charge in [-0.3, -0.25) is 19.3 Å². The number of fused-ring (bicyclic) bond motifs is 2. The second kappa shape index (κ2) is 8.80. The van der Waals surface area contributed by atoms with Crippen LogP contribution in [-0.2, 0) is 17.6 Å². The number of thiophene rings is 1. The Bertz CT molecular complexity index is 1020. The van der Waals surface area contributed by atoms with Crippen molar-refractivity contribution in [2.75, 3.05) is 11.9 Å². The van der Waals surface area contributed by atoms with Crippen molar-refractivity contribution in [2.45, 2.75) is 51.4 Å². The van der Waals surface area contributed by atoms with Gasteiger partial charge in [0.25, 0.3) is 11.8 Å². The highest BCUT2D eigenvalue weighted by Gasteiger charge is 2.34. The lowest BCUT2D eigenvalue weighted by atomic mass is 9.96. The van der Waals surface area contributed by atoms with E-state index in [0.717, 1.165) is 37.7 Å². The Morgan fingerprint density at radius 3 is 2.47 bits per heavy atom. The summed E-state index contributed by atoms with van der Waals surface area (Å²) in [6.45, 7) is 0.365. The van der Waals surface area contributed by atoms with Crippen molar-refractivity contribution in [3.63, 3.8) is 0 Å². The van der Waals surface area contributed by atoms with Crippen molar-refractivity contribution in [1.82, 2.24) is 4.90 Å². The van der Waals surface area contributed by atoms with Crippen LogP contribution in [0.1, 0.15) is 75.2 Å². The van der Waals surface area contributed by atoms with Crippen LogP contribution in [0.3, 0.4) is 0 Å². The van der Waals surface area contributed by atoms with Gasteiger partial charge in [-0.2, -0.15) is 5.26 Å². The maximum Gasteiger partial charge on any atom is 0.261 e. The molecule has 0 unspecified atom stereocenters. The summed E-state index contributed by atoms with van der Waals surface area (Å²) >= 11 is 1.53. The van der Waals surface area contributed by atoms with Crippen molar-refractivity contribution in [3.8, 4) is 6.07 Å². The molecule has 2 aromatic rings. The fourth-order valence-corrected chi connectivity index (χ4v) is 5.39. The Morgan fingerprint density at radius 1 is 1.07 bits per heavy atom. The number of benzene rings is 1. The fraction of sp³-hybridized carbons (Fsp3) is 0.391. The van der Waals surface area contributed by atoms with E-state index in [2.05, 4.69) is 11.4 Å². The number of imide groups is 1. The number of carbonyl (C=O) groups excluding carboxylic acids is 3. The predicted molar refractivity (Wildman–Crippen MR) is 115 cm³/mol. The third kappa shape index (κ3) is 3.88. The van der Waals surface area contributed by atoms with Crippen molar-refractivity contribution in [2.24, 2.45) is 0 Å². The number of unbranched alkanes of at least 4 members (excludes halogenated alkanes) is 2. The highest BCUT2D eigenvalue weighted by atomic mass is 32.1. The first-order chi connectivity index (χ1) is 14.6. The predicted octanol–water partition coefficient (Wildman–Crippen LogP) is 4.29. The van der Waals surface area contributed by atoms with Gasteiger partial charge < -0.3 is 5.32 Å². The molecule has 1 aromatic heterocycles. The number of hydrogen-bond donors (Lipinski definition) is 1. The largest absolute Gasteiger partial charge is 0.317 e. The molecule has 154 valence electrons. The Balaban J connectivity index is 1.23. The Morgan fingerprint density at radius 2 is 1.77 bits per heavy atom. The van der Waals surface area contributed by atoms with E-state index in [1.807, 2.05) is 0 Å². The zero-order chi connectivity index (χ0) is 21.1. The average molecular weight is 422 g/mol. The SMILES string of the molecule is N#Cc1c(NC(=O)CCCCCN2C(=O)c3ccccc3C2=O)sc2c1CCCC2. The lowest BCUT2D eigenvalue weighted by molar-refractivity contribution is -0.116. The summed E-state index contributed by atoms with van der Waals surface area (Å²) in [5, 5.41) is 13.1. The molecule has 2 heterocycles. The minimum Gasteiger partial charge on any atom is -0.317 e. The lowest BCUT2D eigenvalue weighted by Crippen LogP contribution is -2.30. The van der Waals surface area contributed by atoms with E-state index in [0.29, 0.717) is 47.5 Å². The first-order valence-electron chi connectivity index (χ1n) is 10.4. The number of amides is 3. The molecule has 1 N–H and O–H groups in total. The van der Waals surface area contributed by atoms with E-state index >= 15 is 0 Å². The van der Waals surface area contributed by atoms with Crippen LogP contribution in [0.4, 0.5) is 5.00 Å². The van der Waals surface area contributed by atoms with Crippen LogP contribution in [-0.4, -0.2) is 29.2 Å². The Hall–Kier alpha value is -2.98. The first kappa shape index (κ1) is 20.3.